The lowest BCUT2D eigenvalue weighted by Crippen LogP contribution is -2.12. The topological polar surface area (TPSA) is 86.7 Å². The van der Waals surface area contributed by atoms with Crippen LogP contribution in [0.15, 0.2) is 0 Å². The Kier molecular flexibility index (Phi) is 3.42. The summed E-state index contributed by atoms with van der Waals surface area (Å²) < 4.78 is 0.137. The highest BCUT2D eigenvalue weighted by Gasteiger charge is 2.10. The van der Waals surface area contributed by atoms with Gasteiger partial charge >= 0.3 is 0 Å². The van der Waals surface area contributed by atoms with E-state index in [1.54, 1.807) is 22.6 Å². The first-order chi connectivity index (χ1) is 4.22. The van der Waals surface area contributed by atoms with Crippen molar-refractivity contribution in [1.29, 1.82) is 0 Å². The molecule has 56 valence electrons. The summed E-state index contributed by atoms with van der Waals surface area (Å²) in [5.41, 5.74) is 0. The molecule has 9 heteroatoms. The van der Waals surface area contributed by atoms with Crippen LogP contribution in [-0.4, -0.2) is 25.3 Å². The van der Waals surface area contributed by atoms with Crippen LogP contribution in [0.2, 0.25) is 0 Å². The zero-order chi connectivity index (χ0) is 6.85. The van der Waals surface area contributed by atoms with Crippen molar-refractivity contribution >= 4 is 35.0 Å². The second kappa shape index (κ2) is 3.61. The van der Waals surface area contributed by atoms with Crippen molar-refractivity contribution in [3.8, 4) is 0 Å². The summed E-state index contributed by atoms with van der Waals surface area (Å²) >= 11 is 1.66. The van der Waals surface area contributed by atoms with Crippen LogP contribution in [0.3, 0.4) is 0 Å². The molecule has 0 N–H and O–H groups in total. The number of hydrogen-bond donors (Lipinski definition) is 0. The smallest absolute Gasteiger partial charge is 0.284 e. The fourth-order valence-electron chi connectivity index (χ4n) is 0.272. The van der Waals surface area contributed by atoms with Gasteiger partial charge in [0.15, 0.2) is 0 Å². The molecule has 0 amide bonds. The average Bonchev–Trinajstić information content (AvgIpc) is 2.13. The number of tetrazole rings is 1. The zero-order valence-corrected chi connectivity index (χ0v) is 7.31. The molecule has 0 aliphatic carbocycles. The molecule has 0 unspecified atom stereocenters. The van der Waals surface area contributed by atoms with E-state index in [0.717, 1.165) is 0 Å². The number of halogens is 2. The van der Waals surface area contributed by atoms with E-state index in [4.69, 9.17) is 0 Å². The van der Waals surface area contributed by atoms with Crippen LogP contribution in [-0.2, 0) is 0 Å². The monoisotopic (exact) mass is 277 g/mol. The maximum Gasteiger partial charge on any atom is 0.284 e. The molecule has 0 fully saturated rings. The van der Waals surface area contributed by atoms with Gasteiger partial charge < -0.3 is 10.1 Å². The van der Waals surface area contributed by atoms with E-state index in [-0.39, 0.29) is 16.2 Å². The zero-order valence-electron chi connectivity index (χ0n) is 4.34. The van der Waals surface area contributed by atoms with Crippen LogP contribution in [0.25, 0.3) is 0 Å². The van der Waals surface area contributed by atoms with Gasteiger partial charge in [-0.15, -0.1) is 12.4 Å². The molecule has 1 heterocycles. The van der Waals surface area contributed by atoms with E-state index in [1.165, 1.54) is 0 Å². The van der Waals surface area contributed by atoms with Gasteiger partial charge in [-0.3, -0.25) is 0 Å². The molecule has 0 radical (unpaired) electrons. The lowest BCUT2D eigenvalue weighted by Gasteiger charge is -1.86. The largest absolute Gasteiger partial charge is 0.339 e. The van der Waals surface area contributed by atoms with Crippen LogP contribution in [0, 0.1) is 13.9 Å². The third-order valence-electron chi connectivity index (χ3n) is 0.572. The minimum atomic E-state index is -0.707. The minimum absolute atomic E-state index is 0. The van der Waals surface area contributed by atoms with Crippen molar-refractivity contribution in [2.45, 2.75) is 0 Å². The van der Waals surface area contributed by atoms with Gasteiger partial charge in [-0.25, -0.2) is 0 Å². The van der Waals surface area contributed by atoms with Crippen molar-refractivity contribution in [2.75, 3.05) is 0 Å². The first-order valence-electron chi connectivity index (χ1n) is 1.80. The molecule has 0 aromatic carbocycles. The Morgan fingerprint density at radius 1 is 1.70 bits per heavy atom. The normalized spacial score (nSPS) is 8.50. The molecule has 0 atom stereocenters. The predicted molar refractivity (Wildman–Crippen MR) is 40.2 cm³/mol. The summed E-state index contributed by atoms with van der Waals surface area (Å²) in [6.45, 7) is 0. The maximum atomic E-state index is 9.90. The van der Waals surface area contributed by atoms with E-state index in [2.05, 4.69) is 15.5 Å². The molecule has 1 rings (SSSR count). The van der Waals surface area contributed by atoms with Gasteiger partial charge in [0.1, 0.15) is 5.21 Å². The first kappa shape index (κ1) is 9.49. The van der Waals surface area contributed by atoms with E-state index in [1.807, 2.05) is 0 Å². The number of nitrogens with zero attached hydrogens (tertiary/aromatic N) is 5. The van der Waals surface area contributed by atoms with Gasteiger partial charge in [-0.1, -0.05) is 5.10 Å². The number of rotatable bonds is 1. The lowest BCUT2D eigenvalue weighted by atomic mass is 11.4. The fourth-order valence-corrected chi connectivity index (χ4v) is 0.641. The van der Waals surface area contributed by atoms with Gasteiger partial charge in [0, 0.05) is 22.6 Å². The number of aromatic nitrogens is 4. The summed E-state index contributed by atoms with van der Waals surface area (Å²) in [5, 5.41) is 18.6. The Hall–Kier alpha value is -0.510. The second-order valence-corrected chi connectivity index (χ2v) is 2.04. The molecule has 0 spiro atoms. The summed E-state index contributed by atoms with van der Waals surface area (Å²) in [4.78, 5) is 10.4. The molecule has 1 aromatic heterocycles. The van der Waals surface area contributed by atoms with Crippen molar-refractivity contribution in [2.24, 2.45) is 0 Å². The first-order valence-corrected chi connectivity index (χ1v) is 2.88. The molecular weight excluding hydrogens is 276 g/mol. The van der Waals surface area contributed by atoms with Gasteiger partial charge in [0.25, 0.3) is 3.83 Å². The standard InChI is InChI=1S/CIN5O2.ClH/c2-1-3-4-5-6(1)7(8)9;/h;1H. The third kappa shape index (κ3) is 1.73. The third-order valence-corrected chi connectivity index (χ3v) is 1.22. The van der Waals surface area contributed by atoms with Crippen LogP contribution in [0.4, 0.5) is 0 Å². The molecule has 10 heavy (non-hydrogen) atoms. The number of nitro groups is 1. The molecule has 7 nitrogen and oxygen atoms in total. The predicted octanol–water partition coefficient (Wildman–Crippen LogP) is -0.261. The van der Waals surface area contributed by atoms with Crippen LogP contribution in [0.5, 0.6) is 0 Å². The molecule has 0 aliphatic rings. The van der Waals surface area contributed by atoms with Crippen LogP contribution >= 0.6 is 35.0 Å². The van der Waals surface area contributed by atoms with Crippen molar-refractivity contribution in [1.82, 2.24) is 20.3 Å². The second-order valence-electron chi connectivity index (χ2n) is 1.08. The molecule has 0 saturated heterocycles. The maximum absolute atomic E-state index is 9.90. The Morgan fingerprint density at radius 3 is 2.50 bits per heavy atom. The van der Waals surface area contributed by atoms with E-state index in [0.29, 0.717) is 4.79 Å². The van der Waals surface area contributed by atoms with E-state index in [9.17, 15) is 10.1 Å². The SMILES string of the molecule is Cl.O=[N+]([O-])n1nnnc1I. The molecule has 0 aliphatic heterocycles. The van der Waals surface area contributed by atoms with Gasteiger partial charge in [0.05, 0.1) is 9.82 Å². The molecule has 0 saturated carbocycles. The van der Waals surface area contributed by atoms with Crippen molar-refractivity contribution < 1.29 is 5.03 Å². The fraction of sp³-hybridized carbons (Fsp3) is 0. The minimum Gasteiger partial charge on any atom is -0.339 e. The highest BCUT2D eigenvalue weighted by atomic mass is 127. The summed E-state index contributed by atoms with van der Waals surface area (Å²) in [7, 11) is 0. The van der Waals surface area contributed by atoms with Gasteiger partial charge in [-0.05, 0) is 0 Å². The van der Waals surface area contributed by atoms with Gasteiger partial charge in [0.2, 0.25) is 5.21 Å². The number of hydrogen-bond acceptors (Lipinski definition) is 5. The average molecular weight is 277 g/mol. The molecular formula is CHClIN5O2. The summed E-state index contributed by atoms with van der Waals surface area (Å²) in [6, 6.07) is 0. The summed E-state index contributed by atoms with van der Waals surface area (Å²) in [6.07, 6.45) is 0. The highest BCUT2D eigenvalue weighted by molar-refractivity contribution is 14.1. The van der Waals surface area contributed by atoms with Crippen LogP contribution in [0.1, 0.15) is 0 Å². The quantitative estimate of drug-likeness (QED) is 0.401. The Morgan fingerprint density at radius 2 is 2.30 bits per heavy atom. The molecule has 0 bridgehead atoms. The van der Waals surface area contributed by atoms with Crippen molar-refractivity contribution in [3.63, 3.8) is 0 Å². The highest BCUT2D eigenvalue weighted by Crippen LogP contribution is 1.93. The Bertz CT molecular complexity index is 235. The van der Waals surface area contributed by atoms with Crippen LogP contribution < -0.4 is 0 Å². The van der Waals surface area contributed by atoms with Gasteiger partial charge in [-0.2, -0.15) is 0 Å². The van der Waals surface area contributed by atoms with E-state index >= 15 is 0 Å². The van der Waals surface area contributed by atoms with E-state index < -0.39 is 5.03 Å². The Labute approximate surface area is 74.5 Å². The molecule has 1 aromatic rings. The Balaban J connectivity index is 0.000000810. The lowest BCUT2D eigenvalue weighted by molar-refractivity contribution is -0.556. The summed E-state index contributed by atoms with van der Waals surface area (Å²) in [5.74, 6) is 0. The van der Waals surface area contributed by atoms with Crippen molar-refractivity contribution in [3.05, 3.63) is 13.9 Å².